The number of fused-ring (bicyclic) bond motifs is 1. The Hall–Kier alpha value is -3.69. The molecule has 0 aliphatic heterocycles. The molecule has 2 aromatic carbocycles. The number of nitrogens with one attached hydrogen (secondary N) is 2. The van der Waals surface area contributed by atoms with E-state index in [9.17, 15) is 9.59 Å². The highest BCUT2D eigenvalue weighted by Gasteiger charge is 2.16. The normalized spacial score (nSPS) is 11.0. The van der Waals surface area contributed by atoms with E-state index < -0.39 is 0 Å². The molecule has 2 N–H and O–H groups in total. The average Bonchev–Trinajstić information content (AvgIpc) is 3.13. The smallest absolute Gasteiger partial charge is 0.290 e. The molecule has 0 saturated heterocycles. The summed E-state index contributed by atoms with van der Waals surface area (Å²) in [6, 6.07) is 17.5. The summed E-state index contributed by atoms with van der Waals surface area (Å²) in [6.07, 6.45) is 3.30. The number of pyridine rings is 1. The van der Waals surface area contributed by atoms with Crippen molar-refractivity contribution in [2.75, 3.05) is 11.9 Å². The zero-order valence-electron chi connectivity index (χ0n) is 18.0. The van der Waals surface area contributed by atoms with Gasteiger partial charge in [-0.2, -0.15) is 5.10 Å². The third-order valence-electron chi connectivity index (χ3n) is 4.71. The van der Waals surface area contributed by atoms with E-state index in [0.29, 0.717) is 33.5 Å². The number of hydrogen-bond donors (Lipinski definition) is 2. The Balaban J connectivity index is 1.31. The summed E-state index contributed by atoms with van der Waals surface area (Å²) < 4.78 is 8.05. The molecule has 34 heavy (non-hydrogen) atoms. The number of anilines is 1. The predicted octanol–water partition coefficient (Wildman–Crippen LogP) is 4.84. The number of amides is 2. The van der Waals surface area contributed by atoms with Crippen LogP contribution in [0.1, 0.15) is 21.7 Å². The van der Waals surface area contributed by atoms with Crippen LogP contribution in [0.4, 0.5) is 5.69 Å². The lowest BCUT2D eigenvalue weighted by atomic mass is 10.2. The number of carbonyl (C=O) groups excluding carboxylic acids is 2. The standard InChI is InChI=1S/C24H19BrClN5O3/c1-15-23(31-13-17(25)7-10-21(31)28-15)24(33)30-27-12-16-5-8-20(9-6-16)34-14-22(32)29-19-4-2-3-18(26)11-19/h2-13H,14H2,1H3,(H,29,32)(H,30,33)/b27-12-. The molecule has 10 heteroatoms. The van der Waals surface area contributed by atoms with Crippen molar-refractivity contribution in [1.82, 2.24) is 14.8 Å². The number of halogens is 2. The van der Waals surface area contributed by atoms with E-state index in [0.717, 1.165) is 10.0 Å². The number of hydrazone groups is 1. The van der Waals surface area contributed by atoms with Crippen LogP contribution in [0.3, 0.4) is 0 Å². The number of ether oxygens (including phenoxy) is 1. The maximum Gasteiger partial charge on any atom is 0.290 e. The summed E-state index contributed by atoms with van der Waals surface area (Å²) in [6.45, 7) is 1.62. The van der Waals surface area contributed by atoms with Crippen molar-refractivity contribution in [3.8, 4) is 5.75 Å². The highest BCUT2D eigenvalue weighted by atomic mass is 79.9. The van der Waals surface area contributed by atoms with Crippen molar-refractivity contribution < 1.29 is 14.3 Å². The number of hydrogen-bond acceptors (Lipinski definition) is 5. The molecule has 2 aromatic heterocycles. The Kier molecular flexibility index (Phi) is 7.24. The van der Waals surface area contributed by atoms with Crippen molar-refractivity contribution in [1.29, 1.82) is 0 Å². The molecule has 0 aliphatic rings. The summed E-state index contributed by atoms with van der Waals surface area (Å²) in [7, 11) is 0. The lowest BCUT2D eigenvalue weighted by Gasteiger charge is -2.08. The molecule has 0 radical (unpaired) electrons. The number of imidazole rings is 1. The minimum Gasteiger partial charge on any atom is -0.484 e. The van der Waals surface area contributed by atoms with Gasteiger partial charge < -0.3 is 10.1 Å². The van der Waals surface area contributed by atoms with Crippen molar-refractivity contribution >= 4 is 56.9 Å². The van der Waals surface area contributed by atoms with Gasteiger partial charge in [0.2, 0.25) is 0 Å². The molecule has 172 valence electrons. The number of rotatable bonds is 7. The van der Waals surface area contributed by atoms with Crippen LogP contribution in [0.25, 0.3) is 5.65 Å². The van der Waals surface area contributed by atoms with Gasteiger partial charge in [0, 0.05) is 21.4 Å². The van der Waals surface area contributed by atoms with Crippen LogP contribution in [0.15, 0.2) is 76.4 Å². The van der Waals surface area contributed by atoms with Crippen molar-refractivity contribution in [2.45, 2.75) is 6.92 Å². The molecule has 0 saturated carbocycles. The van der Waals surface area contributed by atoms with Gasteiger partial charge in [0.15, 0.2) is 6.61 Å². The lowest BCUT2D eigenvalue weighted by Crippen LogP contribution is -2.20. The van der Waals surface area contributed by atoms with Gasteiger partial charge in [-0.05, 0) is 83.0 Å². The first-order valence-electron chi connectivity index (χ1n) is 10.1. The Morgan fingerprint density at radius 1 is 1.18 bits per heavy atom. The van der Waals surface area contributed by atoms with Crippen LogP contribution in [0.5, 0.6) is 5.75 Å². The number of carbonyl (C=O) groups is 2. The van der Waals surface area contributed by atoms with Crippen molar-refractivity contribution in [3.63, 3.8) is 0 Å². The lowest BCUT2D eigenvalue weighted by molar-refractivity contribution is -0.118. The Morgan fingerprint density at radius 2 is 1.97 bits per heavy atom. The van der Waals surface area contributed by atoms with E-state index in [1.54, 1.807) is 66.1 Å². The summed E-state index contributed by atoms with van der Waals surface area (Å²) in [4.78, 5) is 29.1. The molecule has 4 aromatic rings. The predicted molar refractivity (Wildman–Crippen MR) is 135 cm³/mol. The molecule has 0 aliphatic carbocycles. The van der Waals surface area contributed by atoms with E-state index in [1.807, 2.05) is 12.1 Å². The molecule has 0 bridgehead atoms. The average molecular weight is 541 g/mol. The quantitative estimate of drug-likeness (QED) is 0.259. The van der Waals surface area contributed by atoms with Gasteiger partial charge in [-0.15, -0.1) is 0 Å². The highest BCUT2D eigenvalue weighted by molar-refractivity contribution is 9.10. The van der Waals surface area contributed by atoms with E-state index in [1.165, 1.54) is 6.21 Å². The summed E-state index contributed by atoms with van der Waals surface area (Å²) in [5.74, 6) is -0.148. The van der Waals surface area contributed by atoms with Crippen LogP contribution in [0.2, 0.25) is 5.02 Å². The monoisotopic (exact) mass is 539 g/mol. The first-order valence-corrected chi connectivity index (χ1v) is 11.3. The van der Waals surface area contributed by atoms with Crippen molar-refractivity contribution in [2.24, 2.45) is 5.10 Å². The zero-order chi connectivity index (χ0) is 24.1. The second-order valence-electron chi connectivity index (χ2n) is 7.24. The van der Waals surface area contributed by atoms with Crippen LogP contribution >= 0.6 is 27.5 Å². The van der Waals surface area contributed by atoms with E-state index >= 15 is 0 Å². The van der Waals surface area contributed by atoms with Gasteiger partial charge in [0.25, 0.3) is 11.8 Å². The molecule has 2 amide bonds. The SMILES string of the molecule is Cc1nc2ccc(Br)cn2c1C(=O)N/N=C\c1ccc(OCC(=O)Nc2cccc(Cl)c2)cc1. The molecule has 2 heterocycles. The second-order valence-corrected chi connectivity index (χ2v) is 8.59. The maximum absolute atomic E-state index is 12.6. The van der Waals surface area contributed by atoms with Gasteiger partial charge >= 0.3 is 0 Å². The Morgan fingerprint density at radius 3 is 2.74 bits per heavy atom. The molecule has 4 rings (SSSR count). The fourth-order valence-electron chi connectivity index (χ4n) is 3.19. The molecule has 0 unspecified atom stereocenters. The molecular weight excluding hydrogens is 522 g/mol. The minimum atomic E-state index is -0.370. The fraction of sp³-hybridized carbons (Fsp3) is 0.0833. The molecule has 0 atom stereocenters. The number of nitrogens with zero attached hydrogens (tertiary/aromatic N) is 3. The van der Waals surface area contributed by atoms with Crippen LogP contribution < -0.4 is 15.5 Å². The summed E-state index contributed by atoms with van der Waals surface area (Å²) in [5.41, 5.74) is 5.56. The minimum absolute atomic E-state index is 0.148. The third kappa shape index (κ3) is 5.81. The topological polar surface area (TPSA) is 97.1 Å². The van der Waals surface area contributed by atoms with Crippen molar-refractivity contribution in [3.05, 3.63) is 93.3 Å². The number of aryl methyl sites for hydroxylation is 1. The molecular formula is C24H19BrClN5O3. The summed E-state index contributed by atoms with van der Waals surface area (Å²) in [5, 5.41) is 7.28. The molecule has 0 spiro atoms. The van der Waals surface area contributed by atoms with Crippen LogP contribution in [-0.4, -0.2) is 34.0 Å². The largest absolute Gasteiger partial charge is 0.484 e. The van der Waals surface area contributed by atoms with Gasteiger partial charge in [-0.3, -0.25) is 14.0 Å². The second kappa shape index (κ2) is 10.5. The number of aromatic nitrogens is 2. The maximum atomic E-state index is 12.6. The third-order valence-corrected chi connectivity index (χ3v) is 5.41. The molecule has 8 nitrogen and oxygen atoms in total. The van der Waals surface area contributed by atoms with Gasteiger partial charge in [0.05, 0.1) is 11.9 Å². The Bertz CT molecular complexity index is 1390. The van der Waals surface area contributed by atoms with Crippen LogP contribution in [0, 0.1) is 6.92 Å². The van der Waals surface area contributed by atoms with Gasteiger partial charge in [-0.1, -0.05) is 17.7 Å². The van der Waals surface area contributed by atoms with E-state index in [4.69, 9.17) is 16.3 Å². The van der Waals surface area contributed by atoms with Gasteiger partial charge in [0.1, 0.15) is 17.1 Å². The van der Waals surface area contributed by atoms with E-state index in [2.05, 4.69) is 36.8 Å². The first-order chi connectivity index (χ1) is 16.4. The highest BCUT2D eigenvalue weighted by Crippen LogP contribution is 2.17. The fourth-order valence-corrected chi connectivity index (χ4v) is 3.72. The van der Waals surface area contributed by atoms with Crippen LogP contribution in [-0.2, 0) is 4.79 Å². The Labute approximate surface area is 208 Å². The number of benzene rings is 2. The molecule has 0 fully saturated rings. The van der Waals surface area contributed by atoms with Gasteiger partial charge in [-0.25, -0.2) is 10.4 Å². The first kappa shape index (κ1) is 23.5. The summed E-state index contributed by atoms with van der Waals surface area (Å²) >= 11 is 9.31. The van der Waals surface area contributed by atoms with E-state index in [-0.39, 0.29) is 18.4 Å². The zero-order valence-corrected chi connectivity index (χ0v) is 20.3.